The van der Waals surface area contributed by atoms with Crippen molar-refractivity contribution in [3.8, 4) is 0 Å². The van der Waals surface area contributed by atoms with Crippen molar-refractivity contribution < 1.29 is 4.79 Å². The number of amides is 1. The molecule has 0 spiro atoms. The highest BCUT2D eigenvalue weighted by Crippen LogP contribution is 2.18. The van der Waals surface area contributed by atoms with E-state index in [4.69, 9.17) is 12.2 Å². The second-order valence-electron chi connectivity index (χ2n) is 5.39. The first-order valence-electron chi connectivity index (χ1n) is 7.34. The van der Waals surface area contributed by atoms with Crippen LogP contribution in [-0.2, 0) is 24.9 Å². The summed E-state index contributed by atoms with van der Waals surface area (Å²) in [6.07, 6.45) is 7.19. The number of nitrogens with one attached hydrogen (secondary N) is 1. The van der Waals surface area contributed by atoms with Crippen molar-refractivity contribution in [1.29, 1.82) is 0 Å². The van der Waals surface area contributed by atoms with Crippen LogP contribution in [0.2, 0.25) is 0 Å². The van der Waals surface area contributed by atoms with Gasteiger partial charge in [-0.05, 0) is 32.1 Å². The lowest BCUT2D eigenvalue weighted by atomic mass is 10.2. The van der Waals surface area contributed by atoms with Gasteiger partial charge in [-0.2, -0.15) is 10.2 Å². The first kappa shape index (κ1) is 15.4. The Morgan fingerprint density at radius 1 is 1.35 bits per heavy atom. The van der Waals surface area contributed by atoms with Crippen LogP contribution in [0.4, 0.5) is 0 Å². The molecule has 0 aliphatic carbocycles. The fourth-order valence-electron chi connectivity index (χ4n) is 2.37. The van der Waals surface area contributed by atoms with E-state index < -0.39 is 0 Å². The Hall–Kier alpha value is -2.48. The van der Waals surface area contributed by atoms with Crippen molar-refractivity contribution in [2.45, 2.75) is 26.9 Å². The summed E-state index contributed by atoms with van der Waals surface area (Å²) in [7, 11) is 1.86. The van der Waals surface area contributed by atoms with E-state index in [0.29, 0.717) is 17.4 Å². The second-order valence-corrected chi connectivity index (χ2v) is 5.78. The maximum absolute atomic E-state index is 12.6. The zero-order chi connectivity index (χ0) is 16.6. The van der Waals surface area contributed by atoms with Crippen LogP contribution >= 0.6 is 12.2 Å². The first-order chi connectivity index (χ1) is 11.0. The molecule has 1 N–H and O–H groups in total. The van der Waals surface area contributed by atoms with Crippen LogP contribution in [0.5, 0.6) is 0 Å². The van der Waals surface area contributed by atoms with Gasteiger partial charge in [0.2, 0.25) is 0 Å². The van der Waals surface area contributed by atoms with Gasteiger partial charge in [-0.15, -0.1) is 0 Å². The van der Waals surface area contributed by atoms with Crippen LogP contribution in [0.15, 0.2) is 24.3 Å². The van der Waals surface area contributed by atoms with E-state index in [-0.39, 0.29) is 5.91 Å². The number of aromatic nitrogens is 4. The van der Waals surface area contributed by atoms with Crippen molar-refractivity contribution in [2.24, 2.45) is 7.05 Å². The molecule has 1 amide bonds. The topological polar surface area (TPSA) is 68.0 Å². The van der Waals surface area contributed by atoms with E-state index in [2.05, 4.69) is 15.5 Å². The standard InChI is InChI=1S/C15H18N6OS/c1-4-20-8-11(6-17-20)9-21-14(22)13(18-15(21)23)5-12-7-16-19(3)10(12)2/h5-8H,4,9H2,1-3H3,(H,18,23)/b13-5+. The molecule has 1 aliphatic heterocycles. The number of aryl methyl sites for hydroxylation is 2. The monoisotopic (exact) mass is 330 g/mol. The Balaban J connectivity index is 1.81. The van der Waals surface area contributed by atoms with E-state index in [1.165, 1.54) is 0 Å². The number of carbonyl (C=O) groups is 1. The first-order valence-corrected chi connectivity index (χ1v) is 7.75. The molecule has 0 atom stereocenters. The van der Waals surface area contributed by atoms with Gasteiger partial charge >= 0.3 is 0 Å². The van der Waals surface area contributed by atoms with E-state index in [1.807, 2.05) is 31.8 Å². The summed E-state index contributed by atoms with van der Waals surface area (Å²) in [5.41, 5.74) is 3.30. The minimum atomic E-state index is -0.137. The van der Waals surface area contributed by atoms with E-state index in [0.717, 1.165) is 23.4 Å². The third kappa shape index (κ3) is 2.89. The van der Waals surface area contributed by atoms with Crippen LogP contribution in [-0.4, -0.2) is 35.5 Å². The van der Waals surface area contributed by atoms with Gasteiger partial charge < -0.3 is 5.32 Å². The Bertz CT molecular complexity index is 803. The maximum atomic E-state index is 12.6. The molecule has 0 aromatic carbocycles. The average Bonchev–Trinajstić information content (AvgIpc) is 3.19. The lowest BCUT2D eigenvalue weighted by Gasteiger charge is -2.12. The molecule has 2 aromatic heterocycles. The molecule has 0 radical (unpaired) electrons. The molecule has 1 aliphatic rings. The summed E-state index contributed by atoms with van der Waals surface area (Å²) in [6.45, 7) is 5.17. The van der Waals surface area contributed by atoms with Gasteiger partial charge in [0.05, 0.1) is 18.9 Å². The summed E-state index contributed by atoms with van der Waals surface area (Å²) in [6, 6.07) is 0. The van der Waals surface area contributed by atoms with Gasteiger partial charge in [0.25, 0.3) is 5.91 Å². The molecule has 0 unspecified atom stereocenters. The molecule has 0 bridgehead atoms. The number of hydrogen-bond donors (Lipinski definition) is 1. The van der Waals surface area contributed by atoms with Crippen molar-refractivity contribution in [3.05, 3.63) is 41.1 Å². The van der Waals surface area contributed by atoms with Crippen LogP contribution in [0.1, 0.15) is 23.7 Å². The summed E-state index contributed by atoms with van der Waals surface area (Å²) in [4.78, 5) is 14.1. The molecule has 120 valence electrons. The molecular weight excluding hydrogens is 312 g/mol. The van der Waals surface area contributed by atoms with Crippen LogP contribution in [0.3, 0.4) is 0 Å². The average molecular weight is 330 g/mol. The molecule has 7 nitrogen and oxygen atoms in total. The molecular formula is C15H18N6OS. The minimum absolute atomic E-state index is 0.137. The van der Waals surface area contributed by atoms with E-state index in [1.54, 1.807) is 28.1 Å². The lowest BCUT2D eigenvalue weighted by molar-refractivity contribution is -0.122. The van der Waals surface area contributed by atoms with Crippen molar-refractivity contribution in [3.63, 3.8) is 0 Å². The van der Waals surface area contributed by atoms with Crippen molar-refractivity contribution in [2.75, 3.05) is 0 Å². The van der Waals surface area contributed by atoms with Gasteiger partial charge in [-0.1, -0.05) is 0 Å². The Morgan fingerprint density at radius 2 is 2.13 bits per heavy atom. The van der Waals surface area contributed by atoms with Gasteiger partial charge in [0.15, 0.2) is 5.11 Å². The van der Waals surface area contributed by atoms with Gasteiger partial charge in [0, 0.05) is 36.6 Å². The predicted molar refractivity (Wildman–Crippen MR) is 90.1 cm³/mol. The number of carbonyl (C=O) groups excluding carboxylic acids is 1. The van der Waals surface area contributed by atoms with Gasteiger partial charge in [-0.25, -0.2) is 0 Å². The predicted octanol–water partition coefficient (Wildman–Crippen LogP) is 1.20. The fraction of sp³-hybridized carbons (Fsp3) is 0.333. The zero-order valence-corrected chi connectivity index (χ0v) is 14.1. The number of hydrogen-bond acceptors (Lipinski definition) is 4. The Kier molecular flexibility index (Phi) is 3.99. The van der Waals surface area contributed by atoms with Crippen LogP contribution < -0.4 is 5.32 Å². The summed E-state index contributed by atoms with van der Waals surface area (Å²) < 4.78 is 3.59. The number of thiocarbonyl (C=S) groups is 1. The second kappa shape index (κ2) is 5.96. The van der Waals surface area contributed by atoms with Crippen molar-refractivity contribution in [1.82, 2.24) is 29.8 Å². The minimum Gasteiger partial charge on any atom is -0.328 e. The lowest BCUT2D eigenvalue weighted by Crippen LogP contribution is -2.29. The Morgan fingerprint density at radius 3 is 2.74 bits per heavy atom. The Labute approximate surface area is 139 Å². The van der Waals surface area contributed by atoms with Crippen LogP contribution in [0, 0.1) is 6.92 Å². The van der Waals surface area contributed by atoms with Gasteiger partial charge in [-0.3, -0.25) is 19.1 Å². The van der Waals surface area contributed by atoms with Gasteiger partial charge in [0.1, 0.15) is 5.70 Å². The molecule has 3 rings (SSSR count). The largest absolute Gasteiger partial charge is 0.328 e. The molecule has 23 heavy (non-hydrogen) atoms. The van der Waals surface area contributed by atoms with Crippen LogP contribution in [0.25, 0.3) is 6.08 Å². The quantitative estimate of drug-likeness (QED) is 0.674. The maximum Gasteiger partial charge on any atom is 0.276 e. The third-order valence-corrected chi connectivity index (χ3v) is 4.21. The highest BCUT2D eigenvalue weighted by molar-refractivity contribution is 7.80. The summed E-state index contributed by atoms with van der Waals surface area (Å²) in [5, 5.41) is 11.8. The molecule has 2 aromatic rings. The SMILES string of the molecule is CCn1cc(CN2C(=O)/C(=C\c3cnn(C)c3C)NC2=S)cn1. The molecule has 8 heteroatoms. The summed E-state index contributed by atoms with van der Waals surface area (Å²) >= 11 is 5.29. The van der Waals surface area contributed by atoms with E-state index >= 15 is 0 Å². The third-order valence-electron chi connectivity index (χ3n) is 3.89. The molecule has 1 saturated heterocycles. The molecule has 3 heterocycles. The summed E-state index contributed by atoms with van der Waals surface area (Å²) in [5.74, 6) is -0.137. The normalized spacial score (nSPS) is 16.5. The highest BCUT2D eigenvalue weighted by Gasteiger charge is 2.31. The highest BCUT2D eigenvalue weighted by atomic mass is 32.1. The fourth-order valence-corrected chi connectivity index (χ4v) is 2.63. The van der Waals surface area contributed by atoms with E-state index in [9.17, 15) is 4.79 Å². The van der Waals surface area contributed by atoms with Crippen molar-refractivity contribution >= 4 is 29.3 Å². The zero-order valence-electron chi connectivity index (χ0n) is 13.3. The molecule has 1 fully saturated rings. The number of nitrogens with zero attached hydrogens (tertiary/aromatic N) is 5. The number of rotatable bonds is 4. The smallest absolute Gasteiger partial charge is 0.276 e. The molecule has 0 saturated carbocycles.